The van der Waals surface area contributed by atoms with E-state index in [1.54, 1.807) is 11.8 Å². The molecule has 0 saturated heterocycles. The van der Waals surface area contributed by atoms with Crippen molar-refractivity contribution < 1.29 is 32.0 Å². The van der Waals surface area contributed by atoms with Gasteiger partial charge in [-0.2, -0.15) is 0 Å². The molecule has 0 atom stereocenters. The highest BCUT2D eigenvalue weighted by molar-refractivity contribution is 7.99. The van der Waals surface area contributed by atoms with Gasteiger partial charge in [0.05, 0.1) is 56.7 Å². The van der Waals surface area contributed by atoms with Gasteiger partial charge < -0.3 is 27.7 Å². The average molecular weight is 760 g/mol. The third-order valence-corrected chi connectivity index (χ3v) is 13.9. The molecule has 0 spiro atoms. The normalized spacial score (nSPS) is 12.9. The number of hydrogen-bond acceptors (Lipinski definition) is 9. The maximum atomic E-state index is 13.4. The zero-order chi connectivity index (χ0) is 36.5. The summed E-state index contributed by atoms with van der Waals surface area (Å²) in [5.74, 6) is 0.859. The Labute approximate surface area is 311 Å². The number of anilines is 3. The molecule has 0 amide bonds. The Morgan fingerprint density at radius 3 is 1.41 bits per heavy atom. The van der Waals surface area contributed by atoms with Crippen LogP contribution in [0.25, 0.3) is 0 Å². The van der Waals surface area contributed by atoms with Crippen LogP contribution in [0.15, 0.2) is 70.5 Å². The van der Waals surface area contributed by atoms with Crippen LogP contribution in [-0.2, 0) is 39.5 Å². The van der Waals surface area contributed by atoms with Gasteiger partial charge in [0.2, 0.25) is 0 Å². The highest BCUT2D eigenvalue weighted by Crippen LogP contribution is 2.56. The van der Waals surface area contributed by atoms with E-state index < -0.39 is 15.2 Å². The first-order chi connectivity index (χ1) is 24.8. The van der Waals surface area contributed by atoms with Gasteiger partial charge in [0.25, 0.3) is 0 Å². The Balaban J connectivity index is 1.51. The van der Waals surface area contributed by atoms with E-state index >= 15 is 0 Å². The Bertz CT molecular complexity index is 1480. The molecule has 0 aromatic heterocycles. The molecular weight excluding hydrogens is 700 g/mol. The molecule has 51 heavy (non-hydrogen) atoms. The van der Waals surface area contributed by atoms with Crippen molar-refractivity contribution in [2.45, 2.75) is 121 Å². The van der Waals surface area contributed by atoms with Crippen molar-refractivity contribution in [1.82, 2.24) is 0 Å². The molecule has 3 aromatic rings. The molecule has 4 rings (SSSR count). The summed E-state index contributed by atoms with van der Waals surface area (Å²) < 4.78 is 55.4. The summed E-state index contributed by atoms with van der Waals surface area (Å²) in [6, 6.07) is 20.6. The first-order valence-electron chi connectivity index (χ1n) is 19.0. The molecule has 0 saturated carbocycles. The minimum atomic E-state index is -3.29. The Kier molecular flexibility index (Phi) is 17.6. The minimum absolute atomic E-state index is 0.187. The lowest BCUT2D eigenvalue weighted by atomic mass is 10.1. The van der Waals surface area contributed by atoms with Gasteiger partial charge in [-0.3, -0.25) is 9.13 Å². The van der Waals surface area contributed by atoms with Crippen molar-refractivity contribution in [3.63, 3.8) is 0 Å². The lowest BCUT2D eigenvalue weighted by Crippen LogP contribution is -2.15. The molecule has 3 aromatic carbocycles. The molecule has 0 bridgehead atoms. The van der Waals surface area contributed by atoms with Crippen LogP contribution in [0, 0.1) is 0 Å². The van der Waals surface area contributed by atoms with Gasteiger partial charge in [0.1, 0.15) is 5.75 Å². The third kappa shape index (κ3) is 12.8. The third-order valence-electron chi connectivity index (χ3n) is 8.67. The second-order valence-electron chi connectivity index (χ2n) is 12.8. The van der Waals surface area contributed by atoms with E-state index in [9.17, 15) is 9.13 Å². The van der Waals surface area contributed by atoms with Crippen molar-refractivity contribution in [2.75, 3.05) is 37.9 Å². The highest BCUT2D eigenvalue weighted by atomic mass is 32.2. The van der Waals surface area contributed by atoms with Crippen LogP contribution in [0.4, 0.5) is 17.1 Å². The maximum absolute atomic E-state index is 13.4. The summed E-state index contributed by atoms with van der Waals surface area (Å²) >= 11 is 1.63. The molecule has 0 radical (unpaired) electrons. The molecule has 0 fully saturated rings. The van der Waals surface area contributed by atoms with Crippen molar-refractivity contribution in [2.24, 2.45) is 0 Å². The number of benzene rings is 3. The summed E-state index contributed by atoms with van der Waals surface area (Å²) in [6.45, 7) is 11.5. The molecule has 11 heteroatoms. The Morgan fingerprint density at radius 2 is 0.980 bits per heavy atom. The Morgan fingerprint density at radius 1 is 0.549 bits per heavy atom. The highest BCUT2D eigenvalue weighted by Gasteiger charge is 2.30. The van der Waals surface area contributed by atoms with Crippen LogP contribution in [0.5, 0.6) is 5.75 Å². The first-order valence-corrected chi connectivity index (χ1v) is 23.3. The Hall–Kier alpha value is -2.09. The van der Waals surface area contributed by atoms with E-state index in [0.717, 1.165) is 50.2 Å². The monoisotopic (exact) mass is 759 g/mol. The molecule has 282 valence electrons. The molecule has 0 N–H and O–H groups in total. The van der Waals surface area contributed by atoms with Gasteiger partial charge in [-0.15, -0.1) is 0 Å². The fourth-order valence-electron chi connectivity index (χ4n) is 6.34. The van der Waals surface area contributed by atoms with Gasteiger partial charge in [0, 0.05) is 15.5 Å². The maximum Gasteiger partial charge on any atom is 0.335 e. The number of nitrogens with zero attached hydrogens (tertiary/aromatic N) is 1. The van der Waals surface area contributed by atoms with Gasteiger partial charge in [-0.05, 0) is 93.8 Å². The molecule has 1 aliphatic rings. The molecule has 0 unspecified atom stereocenters. The fourth-order valence-corrected chi connectivity index (χ4v) is 10.9. The smallest absolute Gasteiger partial charge is 0.335 e. The number of ether oxygens (including phenoxy) is 1. The van der Waals surface area contributed by atoms with E-state index in [0.29, 0.717) is 33.0 Å². The quantitative estimate of drug-likeness (QED) is 0.0484. The van der Waals surface area contributed by atoms with Crippen LogP contribution in [0.1, 0.15) is 110 Å². The molecule has 1 heterocycles. The lowest BCUT2D eigenvalue weighted by molar-refractivity contribution is 0.218. The summed E-state index contributed by atoms with van der Waals surface area (Å²) in [6.07, 6.45) is 13.4. The van der Waals surface area contributed by atoms with E-state index in [-0.39, 0.29) is 12.3 Å². The molecule has 8 nitrogen and oxygen atoms in total. The SMILES string of the molecule is CCCCCCCCCCCCOc1ccc(N2c3ccc(CP(=O)(OCC)OCC)cc3Sc3cc(CP(=O)(OCC)OCC)ccc32)cc1. The van der Waals surface area contributed by atoms with Crippen LogP contribution in [0.3, 0.4) is 0 Å². The predicted molar refractivity (Wildman–Crippen MR) is 212 cm³/mol. The number of fused-ring (bicyclic) bond motifs is 2. The zero-order valence-corrected chi connectivity index (χ0v) is 34.0. The van der Waals surface area contributed by atoms with Crippen molar-refractivity contribution in [3.05, 3.63) is 71.8 Å². The topological polar surface area (TPSA) is 83.5 Å². The van der Waals surface area contributed by atoms with Crippen LogP contribution >= 0.6 is 27.0 Å². The first kappa shape index (κ1) is 41.7. The van der Waals surface area contributed by atoms with E-state index in [4.69, 9.17) is 22.8 Å². The van der Waals surface area contributed by atoms with Gasteiger partial charge in [-0.1, -0.05) is 88.6 Å². The zero-order valence-electron chi connectivity index (χ0n) is 31.4. The second kappa shape index (κ2) is 21.6. The van der Waals surface area contributed by atoms with Crippen molar-refractivity contribution in [3.8, 4) is 5.75 Å². The fraction of sp³-hybridized carbons (Fsp3) is 0.550. The summed E-state index contributed by atoms with van der Waals surface area (Å²) in [7, 11) is -6.57. The average Bonchev–Trinajstić information content (AvgIpc) is 3.10. The standard InChI is InChI=1S/C40H59NO7P2S/c1-6-11-12-13-14-15-16-17-18-19-28-44-36-24-22-35(23-25-36)41-37-26-20-33(31-49(42,45-7-2)46-8-3)29-39(37)51-40-30-34(21-27-38(40)41)32-50(43,47-9-4)48-10-5/h20-27,29-30H,6-19,28,31-32H2,1-5H3. The molecule has 0 aliphatic carbocycles. The van der Waals surface area contributed by atoms with Crippen molar-refractivity contribution in [1.29, 1.82) is 0 Å². The van der Waals surface area contributed by atoms with Crippen LogP contribution in [-0.4, -0.2) is 33.0 Å². The summed E-state index contributed by atoms with van der Waals surface area (Å²) in [5, 5.41) is 0. The van der Waals surface area contributed by atoms with Crippen molar-refractivity contribution >= 4 is 44.0 Å². The van der Waals surface area contributed by atoms with E-state index in [1.165, 1.54) is 57.8 Å². The van der Waals surface area contributed by atoms with Crippen LogP contribution in [0.2, 0.25) is 0 Å². The van der Waals surface area contributed by atoms with Gasteiger partial charge in [-0.25, -0.2) is 0 Å². The lowest BCUT2D eigenvalue weighted by Gasteiger charge is -2.34. The van der Waals surface area contributed by atoms with E-state index in [2.05, 4.69) is 48.2 Å². The van der Waals surface area contributed by atoms with Gasteiger partial charge >= 0.3 is 15.2 Å². The largest absolute Gasteiger partial charge is 0.494 e. The van der Waals surface area contributed by atoms with Crippen LogP contribution < -0.4 is 9.64 Å². The predicted octanol–water partition coefficient (Wildman–Crippen LogP) is 13.5. The number of unbranched alkanes of at least 4 members (excludes halogenated alkanes) is 9. The molecule has 1 aliphatic heterocycles. The van der Waals surface area contributed by atoms with Gasteiger partial charge in [0.15, 0.2) is 0 Å². The number of rotatable bonds is 25. The van der Waals surface area contributed by atoms with E-state index in [1.807, 2.05) is 52.0 Å². The summed E-state index contributed by atoms with van der Waals surface area (Å²) in [4.78, 5) is 4.25. The summed E-state index contributed by atoms with van der Waals surface area (Å²) in [5.41, 5.74) is 4.77. The second-order valence-corrected chi connectivity index (χ2v) is 18.0. The number of hydrogen-bond donors (Lipinski definition) is 0. The minimum Gasteiger partial charge on any atom is -0.494 e. The molecular formula is C40H59NO7P2S.